The Morgan fingerprint density at radius 1 is 1.37 bits per heavy atom. The summed E-state index contributed by atoms with van der Waals surface area (Å²) >= 11 is 7.85. The zero-order valence-electron chi connectivity index (χ0n) is 11.9. The summed E-state index contributed by atoms with van der Waals surface area (Å²) in [4.78, 5) is 16.5. The van der Waals surface area contributed by atoms with Gasteiger partial charge in [-0.3, -0.25) is 9.36 Å². The minimum Gasteiger partial charge on any atom is -0.298 e. The molecule has 1 aromatic heterocycles. The molecule has 19 heavy (non-hydrogen) atoms. The van der Waals surface area contributed by atoms with Gasteiger partial charge in [-0.2, -0.15) is 12.6 Å². The van der Waals surface area contributed by atoms with E-state index in [1.165, 1.54) is 0 Å². The lowest BCUT2D eigenvalue weighted by atomic mass is 9.81. The molecule has 0 unspecified atom stereocenters. The number of hydrogen-bond acceptors (Lipinski definition) is 3. The highest BCUT2D eigenvalue weighted by Crippen LogP contribution is 2.33. The number of nitrogens with zero attached hydrogens (tertiary/aromatic N) is 2. The van der Waals surface area contributed by atoms with Gasteiger partial charge in [0.2, 0.25) is 0 Å². The number of halogens is 1. The Balaban J connectivity index is 3.09. The zero-order chi connectivity index (χ0) is 14.5. The van der Waals surface area contributed by atoms with Gasteiger partial charge >= 0.3 is 0 Å². The molecule has 0 atom stereocenters. The minimum atomic E-state index is 0.00543. The maximum absolute atomic E-state index is 12.2. The molecule has 0 fully saturated rings. The third-order valence-corrected chi connectivity index (χ3v) is 5.14. The number of hydrogen-bond donors (Lipinski definition) is 1. The first-order chi connectivity index (χ1) is 8.99. The molecule has 3 nitrogen and oxygen atoms in total. The van der Waals surface area contributed by atoms with Crippen molar-refractivity contribution in [1.82, 2.24) is 9.55 Å². The molecular weight excluding hydrogens is 324 g/mol. The van der Waals surface area contributed by atoms with E-state index in [1.54, 1.807) is 10.9 Å². The smallest absolute Gasteiger partial charge is 0.267 e. The van der Waals surface area contributed by atoms with Crippen LogP contribution in [0.5, 0.6) is 0 Å². The van der Waals surface area contributed by atoms with Crippen LogP contribution in [0.4, 0.5) is 0 Å². The summed E-state index contributed by atoms with van der Waals surface area (Å²) in [6, 6.07) is 0. The summed E-state index contributed by atoms with van der Waals surface area (Å²) in [6.07, 6.45) is 6.04. The second kappa shape index (κ2) is 7.48. The van der Waals surface area contributed by atoms with Crippen LogP contribution < -0.4 is 5.56 Å². The first-order valence-electron chi connectivity index (χ1n) is 6.82. The molecule has 5 heteroatoms. The topological polar surface area (TPSA) is 34.9 Å². The third kappa shape index (κ3) is 4.09. The van der Waals surface area contributed by atoms with Crippen molar-refractivity contribution in [1.29, 1.82) is 0 Å². The van der Waals surface area contributed by atoms with Crippen LogP contribution in [-0.4, -0.2) is 15.3 Å². The Labute approximate surface area is 129 Å². The predicted molar refractivity (Wildman–Crippen MR) is 87.0 cm³/mol. The average molecular weight is 347 g/mol. The van der Waals surface area contributed by atoms with Crippen LogP contribution in [0.25, 0.3) is 0 Å². The molecule has 0 aromatic carbocycles. The Morgan fingerprint density at radius 3 is 2.42 bits per heavy atom. The van der Waals surface area contributed by atoms with Gasteiger partial charge < -0.3 is 0 Å². The molecule has 0 amide bonds. The van der Waals surface area contributed by atoms with E-state index in [-0.39, 0.29) is 11.0 Å². The molecule has 0 spiro atoms. The fraction of sp³-hybridized carbons (Fsp3) is 0.714. The largest absolute Gasteiger partial charge is 0.298 e. The lowest BCUT2D eigenvalue weighted by molar-refractivity contribution is 0.227. The zero-order valence-corrected chi connectivity index (χ0v) is 14.4. The highest BCUT2D eigenvalue weighted by atomic mass is 79.9. The van der Waals surface area contributed by atoms with Gasteiger partial charge in [0, 0.05) is 6.54 Å². The number of rotatable bonds is 7. The first kappa shape index (κ1) is 16.8. The second-order valence-electron chi connectivity index (χ2n) is 5.24. The molecule has 0 aliphatic carbocycles. The van der Waals surface area contributed by atoms with Crippen molar-refractivity contribution in [3.63, 3.8) is 0 Å². The summed E-state index contributed by atoms with van der Waals surface area (Å²) in [6.45, 7) is 6.89. The molecule has 108 valence electrons. The van der Waals surface area contributed by atoms with Crippen molar-refractivity contribution in [2.75, 3.05) is 5.75 Å². The molecule has 0 N–H and O–H groups in total. The monoisotopic (exact) mass is 346 g/mol. The Kier molecular flexibility index (Phi) is 6.60. The molecule has 1 rings (SSSR count). The maximum Gasteiger partial charge on any atom is 0.267 e. The highest BCUT2D eigenvalue weighted by Gasteiger charge is 2.28. The Morgan fingerprint density at radius 2 is 1.95 bits per heavy atom. The van der Waals surface area contributed by atoms with E-state index >= 15 is 0 Å². The van der Waals surface area contributed by atoms with Crippen LogP contribution in [0.3, 0.4) is 0 Å². The number of thiol groups is 1. The molecule has 0 saturated heterocycles. The van der Waals surface area contributed by atoms with Crippen LogP contribution >= 0.6 is 28.6 Å². The van der Waals surface area contributed by atoms with E-state index in [2.05, 4.69) is 47.4 Å². The SMILES string of the molecule is CCCC(CS)(CCC)Cn1cnc(C)c(Br)c1=O. The van der Waals surface area contributed by atoms with Crippen molar-refractivity contribution in [3.8, 4) is 0 Å². The van der Waals surface area contributed by atoms with E-state index < -0.39 is 0 Å². The first-order valence-corrected chi connectivity index (χ1v) is 8.24. The van der Waals surface area contributed by atoms with Gasteiger partial charge in [0.1, 0.15) is 4.47 Å². The van der Waals surface area contributed by atoms with E-state index in [1.807, 2.05) is 6.92 Å². The van der Waals surface area contributed by atoms with Gasteiger partial charge in [-0.15, -0.1) is 0 Å². The van der Waals surface area contributed by atoms with Gasteiger partial charge in [0.25, 0.3) is 5.56 Å². The second-order valence-corrected chi connectivity index (χ2v) is 6.34. The fourth-order valence-corrected chi connectivity index (χ4v) is 3.32. The highest BCUT2D eigenvalue weighted by molar-refractivity contribution is 9.10. The summed E-state index contributed by atoms with van der Waals surface area (Å²) in [5.41, 5.74) is 0.835. The van der Waals surface area contributed by atoms with E-state index in [4.69, 9.17) is 0 Å². The van der Waals surface area contributed by atoms with E-state index in [0.717, 1.165) is 37.1 Å². The van der Waals surface area contributed by atoms with Gasteiger partial charge in [-0.05, 0) is 46.9 Å². The molecule has 1 aromatic rings. The summed E-state index contributed by atoms with van der Waals surface area (Å²) in [5.74, 6) is 0.798. The average Bonchev–Trinajstić information content (AvgIpc) is 2.40. The van der Waals surface area contributed by atoms with Crippen molar-refractivity contribution in [2.24, 2.45) is 5.41 Å². The van der Waals surface area contributed by atoms with Crippen molar-refractivity contribution >= 4 is 28.6 Å². The number of aryl methyl sites for hydroxylation is 1. The lowest BCUT2D eigenvalue weighted by Gasteiger charge is -2.32. The molecule has 0 aliphatic rings. The van der Waals surface area contributed by atoms with Gasteiger partial charge in [0.05, 0.1) is 12.0 Å². The van der Waals surface area contributed by atoms with Crippen LogP contribution in [0.2, 0.25) is 0 Å². The lowest BCUT2D eigenvalue weighted by Crippen LogP contribution is -2.34. The van der Waals surface area contributed by atoms with Crippen LogP contribution in [0.15, 0.2) is 15.6 Å². The van der Waals surface area contributed by atoms with E-state index in [9.17, 15) is 4.79 Å². The minimum absolute atomic E-state index is 0.00543. The normalized spacial score (nSPS) is 11.8. The van der Waals surface area contributed by atoms with Crippen molar-refractivity contribution < 1.29 is 0 Å². The predicted octanol–water partition coefficient (Wildman–Crippen LogP) is 3.83. The molecular formula is C14H23BrN2OS. The van der Waals surface area contributed by atoms with Gasteiger partial charge in [-0.1, -0.05) is 26.7 Å². The Bertz CT molecular complexity index is 467. The molecule has 0 saturated carbocycles. The van der Waals surface area contributed by atoms with E-state index in [0.29, 0.717) is 11.0 Å². The van der Waals surface area contributed by atoms with Gasteiger partial charge in [-0.25, -0.2) is 4.98 Å². The van der Waals surface area contributed by atoms with Gasteiger partial charge in [0.15, 0.2) is 0 Å². The molecule has 0 radical (unpaired) electrons. The molecule has 0 bridgehead atoms. The number of aromatic nitrogens is 2. The van der Waals surface area contributed by atoms with Crippen molar-refractivity contribution in [3.05, 3.63) is 26.8 Å². The van der Waals surface area contributed by atoms with Crippen LogP contribution in [0, 0.1) is 12.3 Å². The van der Waals surface area contributed by atoms with Crippen molar-refractivity contribution in [2.45, 2.75) is 53.0 Å². The summed E-state index contributed by atoms with van der Waals surface area (Å²) in [7, 11) is 0. The third-order valence-electron chi connectivity index (χ3n) is 3.56. The Hall–Kier alpha value is -0.290. The summed E-state index contributed by atoms with van der Waals surface area (Å²) < 4.78 is 2.29. The molecule has 1 heterocycles. The maximum atomic E-state index is 12.2. The summed E-state index contributed by atoms with van der Waals surface area (Å²) in [5, 5.41) is 0. The van der Waals surface area contributed by atoms with Crippen LogP contribution in [0.1, 0.15) is 45.2 Å². The van der Waals surface area contributed by atoms with Crippen LogP contribution in [-0.2, 0) is 6.54 Å². The standard InChI is InChI=1S/C14H23BrN2OS/c1-4-6-14(9-19,7-5-2)8-17-10-16-11(3)12(15)13(17)18/h10,19H,4-9H2,1-3H3. The quantitative estimate of drug-likeness (QED) is 0.761. The molecule has 0 aliphatic heterocycles. The fourth-order valence-electron chi connectivity index (χ4n) is 2.57.